The number of nitrogens with one attached hydrogen (secondary N) is 2. The summed E-state index contributed by atoms with van der Waals surface area (Å²) >= 11 is 0. The van der Waals surface area contributed by atoms with E-state index < -0.39 is 10.4 Å². The van der Waals surface area contributed by atoms with Crippen molar-refractivity contribution < 1.29 is 48.1 Å². The third kappa shape index (κ3) is 22.1. The maximum absolute atomic E-state index is 11.3. The molecule has 0 aromatic rings. The van der Waals surface area contributed by atoms with Crippen LogP contribution in [0.15, 0.2) is 24.3 Å². The zero-order valence-electron chi connectivity index (χ0n) is 22.1. The van der Waals surface area contributed by atoms with Gasteiger partial charge in [-0.1, -0.05) is 27.0 Å². The Bertz CT molecular complexity index is 682. The molecule has 0 rings (SSSR count). The van der Waals surface area contributed by atoms with Crippen molar-refractivity contribution in [3.8, 4) is 0 Å². The van der Waals surface area contributed by atoms with Crippen LogP contribution in [0.1, 0.15) is 40.5 Å². The zero-order valence-corrected chi connectivity index (χ0v) is 23.7. The molecule has 0 aromatic carbocycles. The fourth-order valence-corrected chi connectivity index (χ4v) is 2.24. The summed E-state index contributed by atoms with van der Waals surface area (Å²) < 4.78 is 32.5. The molecule has 0 aliphatic carbocycles. The normalized spacial score (nSPS) is 12.8. The smallest absolute Gasteiger partial charge is 0.250 e. The number of rotatable bonds is 9. The van der Waals surface area contributed by atoms with E-state index in [1.807, 2.05) is 0 Å². The van der Waals surface area contributed by atoms with E-state index in [1.165, 1.54) is 0 Å². The molecule has 12 heteroatoms. The predicted octanol–water partition coefficient (Wildman–Crippen LogP) is -1.66. The summed E-state index contributed by atoms with van der Waals surface area (Å²) in [6, 6.07) is 0. The van der Waals surface area contributed by atoms with Gasteiger partial charge in [-0.05, 0) is 13.8 Å². The number of hydrogen-bond donors (Lipinski definition) is 2. The van der Waals surface area contributed by atoms with Crippen LogP contribution in [0.4, 0.5) is 0 Å². The second-order valence-electron chi connectivity index (χ2n) is 9.16. The van der Waals surface area contributed by atoms with Gasteiger partial charge in [0.05, 0.1) is 49.4 Å². The first-order valence-electron chi connectivity index (χ1n) is 10.2. The Kier molecular flexibility index (Phi) is 20.0. The third-order valence-corrected chi connectivity index (χ3v) is 4.63. The molecule has 2 N–H and O–H groups in total. The van der Waals surface area contributed by atoms with Crippen LogP contribution in [0, 0.1) is 0 Å². The lowest BCUT2D eigenvalue weighted by Crippen LogP contribution is -3.00. The number of carbonyl (C=O) groups is 2. The molecule has 0 bridgehead atoms. The molecular weight excluding hydrogens is 472 g/mol. The first kappa shape index (κ1) is 38.7. The lowest BCUT2D eigenvalue weighted by molar-refractivity contribution is -0.898. The van der Waals surface area contributed by atoms with E-state index in [4.69, 9.17) is 0 Å². The van der Waals surface area contributed by atoms with Crippen molar-refractivity contribution in [2.24, 2.45) is 0 Å². The molecule has 0 radical (unpaired) electrons. The number of carbonyl (C=O) groups excluding carboxylic acids is 2. The summed E-state index contributed by atoms with van der Waals surface area (Å²) in [4.78, 5) is 22.7. The highest BCUT2D eigenvalue weighted by Crippen LogP contribution is 2.05. The average molecular weight is 517 g/mol. The SMILES string of the molecule is C=C(C)C(=O)NC(CC)[N+](C)(C)C.C=C(C)C(=O)NC(CC)[N+](C)(C)C.COS(=O)(=O)[O-].[Cl-]. The number of quaternary nitrogens is 2. The van der Waals surface area contributed by atoms with Crippen LogP contribution in [-0.2, 0) is 24.2 Å². The minimum absolute atomic E-state index is 0. The Balaban J connectivity index is -0.000000201. The van der Waals surface area contributed by atoms with Gasteiger partial charge < -0.3 is 36.6 Å². The Morgan fingerprint density at radius 3 is 1.15 bits per heavy atom. The second kappa shape index (κ2) is 17.0. The number of nitrogens with zero attached hydrogens (tertiary/aromatic N) is 2. The van der Waals surface area contributed by atoms with E-state index in [1.54, 1.807) is 13.8 Å². The van der Waals surface area contributed by atoms with Crippen LogP contribution in [0.5, 0.6) is 0 Å². The molecule has 0 aliphatic heterocycles. The number of amides is 2. The van der Waals surface area contributed by atoms with Gasteiger partial charge in [0.1, 0.15) is 0 Å². The first-order chi connectivity index (χ1) is 14.1. The van der Waals surface area contributed by atoms with E-state index in [0.29, 0.717) is 11.1 Å². The third-order valence-electron chi connectivity index (χ3n) is 4.22. The molecule has 2 unspecified atom stereocenters. The predicted molar refractivity (Wildman–Crippen MR) is 127 cm³/mol. The van der Waals surface area contributed by atoms with Gasteiger partial charge in [-0.2, -0.15) is 0 Å². The van der Waals surface area contributed by atoms with E-state index in [9.17, 15) is 22.6 Å². The molecule has 0 aromatic heterocycles. The van der Waals surface area contributed by atoms with Crippen molar-refractivity contribution >= 4 is 22.2 Å². The zero-order chi connectivity index (χ0) is 26.5. The highest BCUT2D eigenvalue weighted by atomic mass is 35.5. The van der Waals surface area contributed by atoms with Crippen molar-refractivity contribution in [3.63, 3.8) is 0 Å². The summed E-state index contributed by atoms with van der Waals surface area (Å²) in [5.74, 6) is -0.111. The second-order valence-corrected chi connectivity index (χ2v) is 10.3. The fraction of sp³-hybridized carbons (Fsp3) is 0.714. The number of hydrogen-bond acceptors (Lipinski definition) is 6. The summed E-state index contributed by atoms with van der Waals surface area (Å²) in [5.41, 5.74) is 1.12. The van der Waals surface area contributed by atoms with Crippen molar-refractivity contribution in [2.75, 3.05) is 49.4 Å². The van der Waals surface area contributed by atoms with Gasteiger partial charge in [-0.15, -0.1) is 0 Å². The molecule has 2 atom stereocenters. The quantitative estimate of drug-likeness (QED) is 0.124. The Morgan fingerprint density at radius 2 is 1.06 bits per heavy atom. The fourth-order valence-electron chi connectivity index (χ4n) is 2.24. The van der Waals surface area contributed by atoms with Crippen molar-refractivity contribution in [3.05, 3.63) is 24.3 Å². The maximum atomic E-state index is 11.3. The van der Waals surface area contributed by atoms with E-state index in [0.717, 1.165) is 28.9 Å². The van der Waals surface area contributed by atoms with E-state index in [-0.39, 0.29) is 36.6 Å². The summed E-state index contributed by atoms with van der Waals surface area (Å²) in [6.45, 7) is 14.8. The van der Waals surface area contributed by atoms with Gasteiger partial charge in [-0.3, -0.25) is 13.8 Å². The molecule has 0 spiro atoms. The Hall–Kier alpha value is -1.50. The molecule has 33 heavy (non-hydrogen) atoms. The molecular formula is C21H45ClN4O6S. The van der Waals surface area contributed by atoms with Gasteiger partial charge in [0.2, 0.25) is 10.4 Å². The molecule has 0 aliphatic rings. The van der Waals surface area contributed by atoms with Crippen LogP contribution >= 0.6 is 0 Å². The van der Waals surface area contributed by atoms with Crippen molar-refractivity contribution in [1.29, 1.82) is 0 Å². The van der Waals surface area contributed by atoms with Crippen LogP contribution in [0.2, 0.25) is 0 Å². The van der Waals surface area contributed by atoms with Gasteiger partial charge >= 0.3 is 0 Å². The molecule has 10 nitrogen and oxygen atoms in total. The van der Waals surface area contributed by atoms with Gasteiger partial charge in [0.25, 0.3) is 11.8 Å². The molecule has 2 amide bonds. The summed E-state index contributed by atoms with van der Waals surface area (Å²) in [6.07, 6.45) is 2.15. The molecule has 0 saturated heterocycles. The minimum atomic E-state index is -4.41. The lowest BCUT2D eigenvalue weighted by Gasteiger charge is -2.33. The van der Waals surface area contributed by atoms with Crippen molar-refractivity contribution in [1.82, 2.24) is 10.6 Å². The first-order valence-corrected chi connectivity index (χ1v) is 11.5. The molecule has 0 fully saturated rings. The Morgan fingerprint density at radius 1 is 0.848 bits per heavy atom. The largest absolute Gasteiger partial charge is 1.00 e. The van der Waals surface area contributed by atoms with Crippen LogP contribution in [-0.4, -0.2) is 95.5 Å². The van der Waals surface area contributed by atoms with Crippen LogP contribution < -0.4 is 23.0 Å². The standard InChI is InChI=1S/2C10H20N2O.CH4O4S.ClH/c2*1-7-9(12(4,5)6)11-10(13)8(2)3;1-5-6(2,3)4;/h2*9H,2,7H2,1,3-6H3;1H3,(H,2,3,4);1H. The van der Waals surface area contributed by atoms with Crippen molar-refractivity contribution in [2.45, 2.75) is 52.9 Å². The summed E-state index contributed by atoms with van der Waals surface area (Å²) in [5, 5.41) is 5.88. The monoisotopic (exact) mass is 516 g/mol. The van der Waals surface area contributed by atoms with Crippen LogP contribution in [0.25, 0.3) is 0 Å². The van der Waals surface area contributed by atoms with E-state index in [2.05, 4.69) is 84.1 Å². The van der Waals surface area contributed by atoms with E-state index >= 15 is 0 Å². The molecule has 198 valence electrons. The van der Waals surface area contributed by atoms with Gasteiger partial charge in [0, 0.05) is 24.0 Å². The summed E-state index contributed by atoms with van der Waals surface area (Å²) in [7, 11) is 8.77. The lowest BCUT2D eigenvalue weighted by atomic mass is 10.2. The highest BCUT2D eigenvalue weighted by molar-refractivity contribution is 7.80. The van der Waals surface area contributed by atoms with Crippen LogP contribution in [0.3, 0.4) is 0 Å². The topological polar surface area (TPSA) is 125 Å². The van der Waals surface area contributed by atoms with Gasteiger partial charge in [-0.25, -0.2) is 8.42 Å². The molecule has 0 heterocycles. The van der Waals surface area contributed by atoms with Gasteiger partial charge in [0.15, 0.2) is 12.3 Å². The maximum Gasteiger partial charge on any atom is 0.250 e. The highest BCUT2D eigenvalue weighted by Gasteiger charge is 2.24. The number of halogens is 1. The average Bonchev–Trinajstić information content (AvgIpc) is 2.61. The molecule has 0 saturated carbocycles. The Labute approximate surface area is 207 Å². The minimum Gasteiger partial charge on any atom is -1.00 e.